The van der Waals surface area contributed by atoms with Gasteiger partial charge in [-0.05, 0) is 29.2 Å². The zero-order valence-corrected chi connectivity index (χ0v) is 10.1. The van der Waals surface area contributed by atoms with Gasteiger partial charge in [-0.25, -0.2) is 0 Å². The number of hydrogen-bond acceptors (Lipinski definition) is 1. The highest BCUT2D eigenvalue weighted by Crippen LogP contribution is 2.21. The lowest BCUT2D eigenvalue weighted by atomic mass is 10.0. The summed E-state index contributed by atoms with van der Waals surface area (Å²) in [5, 5.41) is 0. The third-order valence-corrected chi connectivity index (χ3v) is 2.87. The molecule has 0 aliphatic heterocycles. The maximum Gasteiger partial charge on any atom is 0.0112 e. The normalized spacial score (nSPS) is 11.5. The van der Waals surface area contributed by atoms with Crippen molar-refractivity contribution >= 4 is 5.57 Å². The maximum atomic E-state index is 5.51. The van der Waals surface area contributed by atoms with E-state index in [-0.39, 0.29) is 0 Å². The molecular weight excluding hydrogens is 206 g/mol. The van der Waals surface area contributed by atoms with Crippen LogP contribution < -0.4 is 5.73 Å². The maximum absolute atomic E-state index is 5.51. The van der Waals surface area contributed by atoms with Crippen LogP contribution in [-0.4, -0.2) is 6.54 Å². The predicted octanol–water partition coefficient (Wildman–Crippen LogP) is 3.72. The molecule has 0 saturated carbocycles. The Morgan fingerprint density at radius 1 is 0.941 bits per heavy atom. The summed E-state index contributed by atoms with van der Waals surface area (Å²) in [6.45, 7) is 2.68. The molecule has 0 unspecified atom stereocenters. The van der Waals surface area contributed by atoms with Gasteiger partial charge in [0.25, 0.3) is 0 Å². The number of nitrogens with two attached hydrogens (primary N) is 1. The Morgan fingerprint density at radius 3 is 2.12 bits per heavy atom. The van der Waals surface area contributed by atoms with Crippen molar-refractivity contribution in [2.45, 2.75) is 6.92 Å². The van der Waals surface area contributed by atoms with Gasteiger partial charge in [0.1, 0.15) is 0 Å². The molecule has 0 aliphatic carbocycles. The van der Waals surface area contributed by atoms with E-state index in [2.05, 4.69) is 55.5 Å². The SMILES string of the molecule is C/C(=C\CN)c1ccc(-c2ccccc2)cc1. The number of hydrogen-bond donors (Lipinski definition) is 1. The van der Waals surface area contributed by atoms with E-state index in [4.69, 9.17) is 5.73 Å². The minimum atomic E-state index is 0.590. The first-order valence-corrected chi connectivity index (χ1v) is 5.84. The quantitative estimate of drug-likeness (QED) is 0.843. The lowest BCUT2D eigenvalue weighted by Gasteiger charge is -2.04. The Bertz CT molecular complexity index is 495. The third-order valence-electron chi connectivity index (χ3n) is 2.87. The average Bonchev–Trinajstić information content (AvgIpc) is 2.40. The molecule has 0 saturated heterocycles. The molecule has 2 N–H and O–H groups in total. The summed E-state index contributed by atoms with van der Waals surface area (Å²) in [6.07, 6.45) is 2.04. The molecule has 0 bridgehead atoms. The van der Waals surface area contributed by atoms with Gasteiger partial charge in [-0.2, -0.15) is 0 Å². The standard InChI is InChI=1S/C16H17N/c1-13(11-12-17)14-7-9-16(10-8-14)15-5-3-2-4-6-15/h2-11H,12,17H2,1H3/b13-11+. The van der Waals surface area contributed by atoms with Crippen LogP contribution in [0.15, 0.2) is 60.7 Å². The molecule has 86 valence electrons. The van der Waals surface area contributed by atoms with Gasteiger partial charge in [-0.3, -0.25) is 0 Å². The molecule has 0 amide bonds. The minimum Gasteiger partial charge on any atom is -0.327 e. The summed E-state index contributed by atoms with van der Waals surface area (Å²) in [5.41, 5.74) is 10.5. The average molecular weight is 223 g/mol. The summed E-state index contributed by atoms with van der Waals surface area (Å²) in [5.74, 6) is 0. The lowest BCUT2D eigenvalue weighted by Crippen LogP contribution is -1.94. The fraction of sp³-hybridized carbons (Fsp3) is 0.125. The summed E-state index contributed by atoms with van der Waals surface area (Å²) in [4.78, 5) is 0. The van der Waals surface area contributed by atoms with Crippen LogP contribution in [0, 0.1) is 0 Å². The van der Waals surface area contributed by atoms with Crippen molar-refractivity contribution in [3.05, 3.63) is 66.2 Å². The fourth-order valence-electron chi connectivity index (χ4n) is 1.85. The summed E-state index contributed by atoms with van der Waals surface area (Å²) < 4.78 is 0. The molecule has 0 aromatic heterocycles. The molecule has 1 nitrogen and oxygen atoms in total. The Kier molecular flexibility index (Phi) is 3.73. The van der Waals surface area contributed by atoms with E-state index in [0.717, 1.165) is 0 Å². The van der Waals surface area contributed by atoms with E-state index >= 15 is 0 Å². The van der Waals surface area contributed by atoms with Crippen molar-refractivity contribution in [1.82, 2.24) is 0 Å². The molecule has 2 aromatic carbocycles. The van der Waals surface area contributed by atoms with Crippen molar-refractivity contribution in [3.8, 4) is 11.1 Å². The summed E-state index contributed by atoms with van der Waals surface area (Å²) >= 11 is 0. The number of rotatable bonds is 3. The Balaban J connectivity index is 2.28. The number of allylic oxidation sites excluding steroid dienone is 1. The van der Waals surface area contributed by atoms with Gasteiger partial charge in [0.15, 0.2) is 0 Å². The van der Waals surface area contributed by atoms with Crippen LogP contribution in [0.2, 0.25) is 0 Å². The van der Waals surface area contributed by atoms with Crippen molar-refractivity contribution in [3.63, 3.8) is 0 Å². The highest BCUT2D eigenvalue weighted by atomic mass is 14.5. The van der Waals surface area contributed by atoms with Crippen LogP contribution in [0.3, 0.4) is 0 Å². The van der Waals surface area contributed by atoms with Gasteiger partial charge in [-0.15, -0.1) is 0 Å². The van der Waals surface area contributed by atoms with Gasteiger partial charge in [0.2, 0.25) is 0 Å². The molecule has 0 aliphatic rings. The summed E-state index contributed by atoms with van der Waals surface area (Å²) in [6, 6.07) is 19.0. The Morgan fingerprint density at radius 2 is 1.53 bits per heavy atom. The lowest BCUT2D eigenvalue weighted by molar-refractivity contribution is 1.25. The molecule has 1 heteroatoms. The second kappa shape index (κ2) is 5.46. The monoisotopic (exact) mass is 223 g/mol. The van der Waals surface area contributed by atoms with Crippen LogP contribution in [0.4, 0.5) is 0 Å². The van der Waals surface area contributed by atoms with Gasteiger partial charge >= 0.3 is 0 Å². The van der Waals surface area contributed by atoms with Gasteiger partial charge in [0.05, 0.1) is 0 Å². The third kappa shape index (κ3) is 2.83. The van der Waals surface area contributed by atoms with Crippen molar-refractivity contribution < 1.29 is 0 Å². The molecule has 0 atom stereocenters. The van der Waals surface area contributed by atoms with E-state index < -0.39 is 0 Å². The van der Waals surface area contributed by atoms with Crippen molar-refractivity contribution in [2.24, 2.45) is 5.73 Å². The molecule has 0 radical (unpaired) electrons. The first kappa shape index (κ1) is 11.6. The van der Waals surface area contributed by atoms with E-state index in [1.165, 1.54) is 22.3 Å². The van der Waals surface area contributed by atoms with Gasteiger partial charge < -0.3 is 5.73 Å². The van der Waals surface area contributed by atoms with Crippen molar-refractivity contribution in [1.29, 1.82) is 0 Å². The second-order valence-electron chi connectivity index (χ2n) is 4.07. The first-order chi connectivity index (χ1) is 8.31. The smallest absolute Gasteiger partial charge is 0.0112 e. The molecule has 17 heavy (non-hydrogen) atoms. The van der Waals surface area contributed by atoms with E-state index in [9.17, 15) is 0 Å². The fourth-order valence-corrected chi connectivity index (χ4v) is 1.85. The molecule has 2 aromatic rings. The molecular formula is C16H17N. The van der Waals surface area contributed by atoms with Crippen LogP contribution in [-0.2, 0) is 0 Å². The summed E-state index contributed by atoms with van der Waals surface area (Å²) in [7, 11) is 0. The molecule has 0 spiro atoms. The van der Waals surface area contributed by atoms with Crippen LogP contribution >= 0.6 is 0 Å². The molecule has 0 heterocycles. The second-order valence-corrected chi connectivity index (χ2v) is 4.07. The Labute approximate surface area is 103 Å². The highest BCUT2D eigenvalue weighted by Gasteiger charge is 1.98. The predicted molar refractivity (Wildman–Crippen MR) is 74.6 cm³/mol. The molecule has 2 rings (SSSR count). The minimum absolute atomic E-state index is 0.590. The first-order valence-electron chi connectivity index (χ1n) is 5.84. The van der Waals surface area contributed by atoms with E-state index in [1.54, 1.807) is 0 Å². The highest BCUT2D eigenvalue weighted by molar-refractivity contribution is 5.69. The van der Waals surface area contributed by atoms with E-state index in [1.807, 2.05) is 12.1 Å². The van der Waals surface area contributed by atoms with Crippen LogP contribution in [0.1, 0.15) is 12.5 Å². The van der Waals surface area contributed by atoms with Gasteiger partial charge in [0, 0.05) is 6.54 Å². The van der Waals surface area contributed by atoms with Crippen molar-refractivity contribution in [2.75, 3.05) is 6.54 Å². The zero-order chi connectivity index (χ0) is 12.1. The number of benzene rings is 2. The molecule has 0 fully saturated rings. The van der Waals surface area contributed by atoms with Crippen LogP contribution in [0.25, 0.3) is 16.7 Å². The largest absolute Gasteiger partial charge is 0.327 e. The Hall–Kier alpha value is -1.86. The van der Waals surface area contributed by atoms with Crippen LogP contribution in [0.5, 0.6) is 0 Å². The zero-order valence-electron chi connectivity index (χ0n) is 10.1. The van der Waals surface area contributed by atoms with Gasteiger partial charge in [-0.1, -0.05) is 60.7 Å². The topological polar surface area (TPSA) is 26.0 Å². The van der Waals surface area contributed by atoms with E-state index in [0.29, 0.717) is 6.54 Å².